The fraction of sp³-hybridized carbons (Fsp3) is 0.484. The number of nitrogens with two attached hydrogens (primary N) is 1. The molecule has 0 aromatic heterocycles. The van der Waals surface area contributed by atoms with Crippen molar-refractivity contribution in [3.8, 4) is 11.5 Å². The van der Waals surface area contributed by atoms with Gasteiger partial charge in [-0.15, -0.1) is 0 Å². The summed E-state index contributed by atoms with van der Waals surface area (Å²) in [6.45, 7) is 5.90. The minimum Gasteiger partial charge on any atom is -0.480 e. The molecule has 2 aromatic rings. The van der Waals surface area contributed by atoms with Crippen molar-refractivity contribution in [1.29, 1.82) is 0 Å². The first-order chi connectivity index (χ1) is 20.1. The lowest BCUT2D eigenvalue weighted by molar-refractivity contribution is -0.144. The van der Waals surface area contributed by atoms with Crippen LogP contribution in [-0.2, 0) is 25.4 Å². The van der Waals surface area contributed by atoms with E-state index in [0.717, 1.165) is 25.7 Å². The van der Waals surface area contributed by atoms with Gasteiger partial charge in [-0.2, -0.15) is 0 Å². The Balaban J connectivity index is 2.19. The van der Waals surface area contributed by atoms with E-state index >= 15 is 0 Å². The predicted octanol–water partition coefficient (Wildman–Crippen LogP) is 6.06. The topological polar surface area (TPSA) is 161 Å². The molecule has 11 heteroatoms. The van der Waals surface area contributed by atoms with Gasteiger partial charge in [0.1, 0.15) is 11.6 Å². The van der Waals surface area contributed by atoms with Crippen molar-refractivity contribution in [2.24, 2.45) is 5.73 Å². The predicted molar refractivity (Wildman–Crippen MR) is 154 cm³/mol. The smallest absolute Gasteiger partial charge is 0.480 e. The number of carboxylic acids is 1. The minimum absolute atomic E-state index is 0.118. The van der Waals surface area contributed by atoms with E-state index in [1.165, 1.54) is 18.2 Å². The molecule has 230 valence electrons. The van der Waals surface area contributed by atoms with Gasteiger partial charge in [-0.1, -0.05) is 63.8 Å². The number of esters is 1. The van der Waals surface area contributed by atoms with Crippen LogP contribution in [0.4, 0.5) is 9.59 Å². The van der Waals surface area contributed by atoms with Crippen molar-refractivity contribution in [3.05, 3.63) is 59.7 Å². The summed E-state index contributed by atoms with van der Waals surface area (Å²) in [4.78, 5) is 49.2. The van der Waals surface area contributed by atoms with Gasteiger partial charge >= 0.3 is 24.2 Å². The van der Waals surface area contributed by atoms with E-state index in [0.29, 0.717) is 24.0 Å². The maximum Gasteiger partial charge on any atom is 0.513 e. The van der Waals surface area contributed by atoms with Crippen molar-refractivity contribution in [1.82, 2.24) is 0 Å². The summed E-state index contributed by atoms with van der Waals surface area (Å²) in [5.41, 5.74) is 5.14. The lowest BCUT2D eigenvalue weighted by Gasteiger charge is -2.28. The Bertz CT molecular complexity index is 1170. The Morgan fingerprint density at radius 3 is 1.95 bits per heavy atom. The van der Waals surface area contributed by atoms with Crippen LogP contribution in [0.1, 0.15) is 81.6 Å². The van der Waals surface area contributed by atoms with Crippen LogP contribution in [0.2, 0.25) is 0 Å². The number of rotatable bonds is 17. The molecule has 0 saturated heterocycles. The zero-order chi connectivity index (χ0) is 31.0. The van der Waals surface area contributed by atoms with Gasteiger partial charge in [0.2, 0.25) is 0 Å². The molecule has 11 nitrogen and oxygen atoms in total. The van der Waals surface area contributed by atoms with E-state index in [1.807, 2.05) is 13.8 Å². The third kappa shape index (κ3) is 11.8. The number of aliphatic carboxylic acids is 1. The summed E-state index contributed by atoms with van der Waals surface area (Å²) in [6, 6.07) is 12.5. The van der Waals surface area contributed by atoms with Crippen LogP contribution in [0.3, 0.4) is 0 Å². The monoisotopic (exact) mass is 587 g/mol. The molecular weight excluding hydrogens is 546 g/mol. The van der Waals surface area contributed by atoms with Gasteiger partial charge in [0.25, 0.3) is 0 Å². The van der Waals surface area contributed by atoms with Crippen LogP contribution in [-0.4, -0.2) is 54.2 Å². The lowest BCUT2D eigenvalue weighted by Crippen LogP contribution is -2.52. The third-order valence-electron chi connectivity index (χ3n) is 6.25. The first-order valence-corrected chi connectivity index (χ1v) is 14.2. The second kappa shape index (κ2) is 17.6. The van der Waals surface area contributed by atoms with E-state index in [9.17, 15) is 24.3 Å². The van der Waals surface area contributed by atoms with Crippen molar-refractivity contribution in [2.45, 2.75) is 83.8 Å². The van der Waals surface area contributed by atoms with Crippen LogP contribution < -0.4 is 15.2 Å². The largest absolute Gasteiger partial charge is 0.513 e. The van der Waals surface area contributed by atoms with E-state index in [-0.39, 0.29) is 37.6 Å². The van der Waals surface area contributed by atoms with Gasteiger partial charge in [-0.05, 0) is 49.6 Å². The molecule has 3 N–H and O–H groups in total. The quantitative estimate of drug-likeness (QED) is 0.0958. The molecule has 0 bridgehead atoms. The molecule has 0 heterocycles. The number of carbonyl (C=O) groups is 4. The number of benzene rings is 2. The molecule has 0 radical (unpaired) electrons. The summed E-state index contributed by atoms with van der Waals surface area (Å²) in [5, 5.41) is 9.99. The van der Waals surface area contributed by atoms with Gasteiger partial charge in [0.15, 0.2) is 11.5 Å². The maximum atomic E-state index is 12.4. The molecule has 0 saturated carbocycles. The molecule has 0 spiro atoms. The fourth-order valence-electron chi connectivity index (χ4n) is 4.06. The van der Waals surface area contributed by atoms with Crippen LogP contribution in [0.5, 0.6) is 11.5 Å². The number of ether oxygens (including phenoxy) is 5. The summed E-state index contributed by atoms with van der Waals surface area (Å²) in [6.07, 6.45) is 1.71. The molecule has 0 aliphatic heterocycles. The molecule has 0 aliphatic carbocycles. The van der Waals surface area contributed by atoms with Crippen molar-refractivity contribution >= 4 is 24.2 Å². The highest BCUT2D eigenvalue weighted by molar-refractivity contribution is 5.89. The molecule has 0 fully saturated rings. The molecule has 42 heavy (non-hydrogen) atoms. The van der Waals surface area contributed by atoms with Crippen molar-refractivity contribution < 1.29 is 48.0 Å². The van der Waals surface area contributed by atoms with Crippen molar-refractivity contribution in [2.75, 3.05) is 13.2 Å². The van der Waals surface area contributed by atoms with Gasteiger partial charge in [0, 0.05) is 12.8 Å². The minimum atomic E-state index is -1.85. The second-order valence-electron chi connectivity index (χ2n) is 10.0. The maximum absolute atomic E-state index is 12.4. The summed E-state index contributed by atoms with van der Waals surface area (Å²) >= 11 is 0. The van der Waals surface area contributed by atoms with Crippen LogP contribution in [0.25, 0.3) is 0 Å². The standard InChI is InChI=1S/C31H41NO10/c1-4-6-11-17-38-29(36)41-25-16-15-23(19-26(25)42-30(37)39-18-12-7-5-2)21-31(32,28(34)35)20-22(3)40-27(33)24-13-9-8-10-14-24/h8-10,13-16,19,22H,4-7,11-12,17-18,20-21,32H2,1-3H3,(H,34,35)/t22-,31?/m0/s1. The third-order valence-corrected chi connectivity index (χ3v) is 6.25. The van der Waals surface area contributed by atoms with E-state index in [2.05, 4.69) is 0 Å². The van der Waals surface area contributed by atoms with E-state index < -0.39 is 35.9 Å². The Morgan fingerprint density at radius 1 is 0.833 bits per heavy atom. The number of hydrogen-bond acceptors (Lipinski definition) is 10. The van der Waals surface area contributed by atoms with Gasteiger partial charge in [0.05, 0.1) is 18.8 Å². The Kier molecular flexibility index (Phi) is 14.3. The molecule has 1 unspecified atom stereocenters. The van der Waals surface area contributed by atoms with Crippen molar-refractivity contribution in [3.63, 3.8) is 0 Å². The number of carboxylic acid groups (broad SMARTS) is 1. The highest BCUT2D eigenvalue weighted by Gasteiger charge is 2.37. The van der Waals surface area contributed by atoms with Gasteiger partial charge in [-0.3, -0.25) is 4.79 Å². The summed E-state index contributed by atoms with van der Waals surface area (Å²) < 4.78 is 26.2. The molecule has 0 amide bonds. The van der Waals surface area contributed by atoms with Crippen LogP contribution in [0.15, 0.2) is 48.5 Å². The molecule has 2 aromatic carbocycles. The van der Waals surface area contributed by atoms with E-state index in [1.54, 1.807) is 37.3 Å². The number of hydrogen-bond donors (Lipinski definition) is 2. The van der Waals surface area contributed by atoms with Crippen LogP contribution >= 0.6 is 0 Å². The average molecular weight is 588 g/mol. The van der Waals surface area contributed by atoms with Gasteiger partial charge in [-0.25, -0.2) is 14.4 Å². The highest BCUT2D eigenvalue weighted by Crippen LogP contribution is 2.31. The van der Waals surface area contributed by atoms with Gasteiger partial charge < -0.3 is 34.5 Å². The summed E-state index contributed by atoms with van der Waals surface area (Å²) in [7, 11) is 0. The number of carbonyl (C=O) groups excluding carboxylic acids is 3. The molecular formula is C31H41NO10. The normalized spacial score (nSPS) is 12.9. The molecule has 2 atom stereocenters. The highest BCUT2D eigenvalue weighted by atomic mass is 16.7. The SMILES string of the molecule is CCCCCOC(=O)Oc1ccc(CC(N)(C[C@H](C)OC(=O)c2ccccc2)C(=O)O)cc1OC(=O)OCCCCC. The van der Waals surface area contributed by atoms with E-state index in [4.69, 9.17) is 29.4 Å². The Morgan fingerprint density at radius 2 is 1.40 bits per heavy atom. The molecule has 2 rings (SSSR count). The number of unbranched alkanes of at least 4 members (excludes halogenated alkanes) is 4. The second-order valence-corrected chi connectivity index (χ2v) is 10.0. The molecule has 0 aliphatic rings. The fourth-order valence-corrected chi connectivity index (χ4v) is 4.06. The average Bonchev–Trinajstić information content (AvgIpc) is 2.95. The lowest BCUT2D eigenvalue weighted by atomic mass is 9.86. The zero-order valence-corrected chi connectivity index (χ0v) is 24.5. The first-order valence-electron chi connectivity index (χ1n) is 14.2. The van der Waals surface area contributed by atoms with Crippen LogP contribution in [0, 0.1) is 0 Å². The Labute approximate surface area is 246 Å². The Hall–Kier alpha value is -4.12. The first kappa shape index (κ1) is 34.1. The summed E-state index contributed by atoms with van der Waals surface area (Å²) in [5.74, 6) is -2.21. The zero-order valence-electron chi connectivity index (χ0n) is 24.5.